The Kier molecular flexibility index (Phi) is 112. The maximum atomic E-state index is 7.75. The van der Waals surface area contributed by atoms with Crippen LogP contribution in [0.1, 0.15) is 0 Å². The summed E-state index contributed by atoms with van der Waals surface area (Å²) in [5.74, 6) is 0. The monoisotopic (exact) mass is 302 g/mol. The molecule has 0 rings (SSSR count). The second-order valence-corrected chi connectivity index (χ2v) is 0. The second-order valence-electron chi connectivity index (χ2n) is 0. The third-order valence-electron chi connectivity index (χ3n) is 0. The zero-order valence-corrected chi connectivity index (χ0v) is 7.74. The molecule has 21 valence electrons. The molecule has 0 bridgehead atoms. The van der Waals surface area contributed by atoms with Gasteiger partial charge in [0.1, 0.15) is 0 Å². The van der Waals surface area contributed by atoms with Crippen molar-refractivity contribution in [1.29, 1.82) is 0 Å². The normalized spacial score (nSPS) is 1.00. The molecule has 0 atom stereocenters. The first kappa shape index (κ1) is 17.9. The molecule has 0 aromatic rings. The van der Waals surface area contributed by atoms with E-state index < -0.39 is 0 Å². The average Bonchev–Trinajstić information content (AvgIpc) is 1.00. The Balaban J connectivity index is -0.00000000500. The standard InChI is InChI=1S/CHO.W.Y/c1-2;;/h1H;;/q-1;;. The van der Waals surface area contributed by atoms with Crippen LogP contribution in [0.15, 0.2) is 0 Å². The van der Waals surface area contributed by atoms with Crippen LogP contribution in [-0.4, -0.2) is 6.79 Å². The van der Waals surface area contributed by atoms with E-state index in [4.69, 9.17) is 4.79 Å². The summed E-state index contributed by atoms with van der Waals surface area (Å²) in [6.07, 6.45) is 0. The van der Waals surface area contributed by atoms with Gasteiger partial charge in [0.05, 0.1) is 0 Å². The predicted molar refractivity (Wildman–Crippen MR) is 6.75 cm³/mol. The van der Waals surface area contributed by atoms with Crippen LogP contribution in [-0.2, 0) is 58.6 Å². The van der Waals surface area contributed by atoms with Crippen LogP contribution in [0.25, 0.3) is 0 Å². The van der Waals surface area contributed by atoms with Crippen molar-refractivity contribution in [3.63, 3.8) is 0 Å². The van der Waals surface area contributed by atoms with Crippen molar-refractivity contribution >= 4 is 6.79 Å². The topological polar surface area (TPSA) is 17.1 Å². The summed E-state index contributed by atoms with van der Waals surface area (Å²) in [4.78, 5) is 7.75. The Morgan fingerprint density at radius 1 is 1.25 bits per heavy atom. The number of rotatable bonds is 0. The first-order valence-electron chi connectivity index (χ1n) is 0.236. The molecule has 0 N–H and O–H groups in total. The summed E-state index contributed by atoms with van der Waals surface area (Å²) >= 11 is 0. The van der Waals surface area contributed by atoms with Gasteiger partial charge in [-0.15, -0.1) is 0 Å². The molecule has 0 spiro atoms. The van der Waals surface area contributed by atoms with Gasteiger partial charge in [-0.1, -0.05) is 0 Å². The zero-order valence-electron chi connectivity index (χ0n) is 1.97. The summed E-state index contributed by atoms with van der Waals surface area (Å²) in [7, 11) is 0. The molecule has 0 aliphatic carbocycles. The van der Waals surface area contributed by atoms with Crippen LogP contribution >= 0.6 is 0 Å². The fourth-order valence-corrected chi connectivity index (χ4v) is 0. The summed E-state index contributed by atoms with van der Waals surface area (Å²) in [5, 5.41) is 0. The minimum absolute atomic E-state index is 0. The first-order chi connectivity index (χ1) is 1.00. The van der Waals surface area contributed by atoms with Gasteiger partial charge in [-0.05, 0) is 0 Å². The molecule has 0 aliphatic heterocycles. The van der Waals surface area contributed by atoms with Gasteiger partial charge < -0.3 is 4.79 Å². The van der Waals surface area contributed by atoms with Gasteiger partial charge in [-0.3, -0.25) is 6.79 Å². The van der Waals surface area contributed by atoms with E-state index in [0.29, 0.717) is 0 Å². The Hall–Kier alpha value is 1.46. The Labute approximate surface area is 64.7 Å². The van der Waals surface area contributed by atoms with E-state index in [1.807, 2.05) is 0 Å². The van der Waals surface area contributed by atoms with Gasteiger partial charge in [0, 0.05) is 53.8 Å². The SMILES string of the molecule is [CH-]=O.[W].[Y]. The number of hydrogen-bond acceptors (Lipinski definition) is 1. The van der Waals surface area contributed by atoms with Gasteiger partial charge in [0.15, 0.2) is 0 Å². The summed E-state index contributed by atoms with van der Waals surface area (Å²) in [6.45, 7) is 3.25. The molecular formula is CHOWY-. The van der Waals surface area contributed by atoms with Crippen LogP contribution in [0.4, 0.5) is 0 Å². The summed E-state index contributed by atoms with van der Waals surface area (Å²) < 4.78 is 0. The molecule has 0 saturated heterocycles. The molecule has 1 radical (unpaired) electrons. The molecule has 0 saturated carbocycles. The van der Waals surface area contributed by atoms with E-state index >= 15 is 0 Å². The van der Waals surface area contributed by atoms with Crippen molar-refractivity contribution in [2.75, 3.05) is 0 Å². The quantitative estimate of drug-likeness (QED) is 0.444. The number of carbonyl (C=O) groups excluding carboxylic acids is 1. The van der Waals surface area contributed by atoms with E-state index in [9.17, 15) is 0 Å². The van der Waals surface area contributed by atoms with Crippen LogP contribution in [0.5, 0.6) is 0 Å². The van der Waals surface area contributed by atoms with Crippen LogP contribution < -0.4 is 0 Å². The van der Waals surface area contributed by atoms with E-state index in [1.165, 1.54) is 0 Å². The van der Waals surface area contributed by atoms with Crippen molar-refractivity contribution in [3.8, 4) is 0 Å². The molecule has 3 heteroatoms. The Bertz CT molecular complexity index is 8.00. The maximum absolute atomic E-state index is 7.75. The molecule has 0 heterocycles. The largest absolute Gasteiger partial charge is 0.545 e. The van der Waals surface area contributed by atoms with Crippen molar-refractivity contribution in [1.82, 2.24) is 0 Å². The molecule has 0 fully saturated rings. The summed E-state index contributed by atoms with van der Waals surface area (Å²) in [6, 6.07) is 0. The van der Waals surface area contributed by atoms with Gasteiger partial charge in [0.2, 0.25) is 0 Å². The van der Waals surface area contributed by atoms with Crippen molar-refractivity contribution in [2.24, 2.45) is 0 Å². The van der Waals surface area contributed by atoms with Crippen molar-refractivity contribution < 1.29 is 58.6 Å². The van der Waals surface area contributed by atoms with E-state index in [-0.39, 0.29) is 53.8 Å². The first-order valence-corrected chi connectivity index (χ1v) is 0.236. The predicted octanol–water partition coefficient (Wildman–Crippen LogP) is -0.279. The fourth-order valence-electron chi connectivity index (χ4n) is 0. The molecule has 0 amide bonds. The molecule has 0 aromatic carbocycles. The molecule has 0 aliphatic rings. The number of hydrogen-bond donors (Lipinski definition) is 0. The second kappa shape index (κ2) is 25.0. The van der Waals surface area contributed by atoms with Gasteiger partial charge in [0.25, 0.3) is 0 Å². The molecule has 0 unspecified atom stereocenters. The van der Waals surface area contributed by atoms with E-state index in [2.05, 4.69) is 6.79 Å². The molecule has 4 heavy (non-hydrogen) atoms. The molecular weight excluding hydrogens is 301 g/mol. The molecule has 0 aromatic heterocycles. The summed E-state index contributed by atoms with van der Waals surface area (Å²) in [5.41, 5.74) is 0. The van der Waals surface area contributed by atoms with Gasteiger partial charge >= 0.3 is 0 Å². The van der Waals surface area contributed by atoms with E-state index in [1.54, 1.807) is 0 Å². The minimum Gasteiger partial charge on any atom is -0.545 e. The van der Waals surface area contributed by atoms with Crippen LogP contribution in [0.2, 0.25) is 0 Å². The van der Waals surface area contributed by atoms with E-state index in [0.717, 1.165) is 0 Å². The van der Waals surface area contributed by atoms with Gasteiger partial charge in [-0.2, -0.15) is 0 Å². The van der Waals surface area contributed by atoms with Crippen LogP contribution in [0.3, 0.4) is 0 Å². The van der Waals surface area contributed by atoms with Crippen LogP contribution in [0, 0.1) is 0 Å². The average molecular weight is 302 g/mol. The molecule has 1 nitrogen and oxygen atoms in total. The van der Waals surface area contributed by atoms with Crippen molar-refractivity contribution in [3.05, 3.63) is 0 Å². The van der Waals surface area contributed by atoms with Crippen molar-refractivity contribution in [2.45, 2.75) is 0 Å². The Morgan fingerprint density at radius 3 is 1.25 bits per heavy atom. The Morgan fingerprint density at radius 2 is 1.25 bits per heavy atom. The zero-order chi connectivity index (χ0) is 2.00. The minimum atomic E-state index is 0. The van der Waals surface area contributed by atoms with Gasteiger partial charge in [-0.25, -0.2) is 0 Å². The fraction of sp³-hybridized carbons (Fsp3) is 0. The smallest absolute Gasteiger partial charge is 0 e. The third kappa shape index (κ3) is 9.82. The third-order valence-corrected chi connectivity index (χ3v) is 0. The maximum Gasteiger partial charge on any atom is 0 e.